The number of aromatic nitrogens is 1. The fourth-order valence-corrected chi connectivity index (χ4v) is 8.37. The van der Waals surface area contributed by atoms with Crippen LogP contribution < -0.4 is 10.1 Å². The third-order valence-corrected chi connectivity index (χ3v) is 11.1. The molecule has 8 rings (SSSR count). The highest BCUT2D eigenvalue weighted by atomic mass is 16.7. The van der Waals surface area contributed by atoms with Crippen molar-refractivity contribution < 1.29 is 23.6 Å². The normalized spacial score (nSPS) is 30.9. The minimum absolute atomic E-state index is 0.0455. The van der Waals surface area contributed by atoms with Crippen LogP contribution in [0.1, 0.15) is 60.3 Å². The van der Waals surface area contributed by atoms with Gasteiger partial charge in [0.05, 0.1) is 35.4 Å². The summed E-state index contributed by atoms with van der Waals surface area (Å²) in [5, 5.41) is 4.10. The van der Waals surface area contributed by atoms with Gasteiger partial charge in [0.2, 0.25) is 11.8 Å². The monoisotopic (exact) mass is 595 g/mol. The smallest absolute Gasteiger partial charge is 0.481 e. The first-order chi connectivity index (χ1) is 21.1. The average Bonchev–Trinajstić information content (AvgIpc) is 3.61. The van der Waals surface area contributed by atoms with Gasteiger partial charge >= 0.3 is 7.12 Å². The number of carbonyl (C=O) groups excluding carboxylic acids is 2. The second kappa shape index (κ2) is 10.9. The second-order valence-corrected chi connectivity index (χ2v) is 13.9. The molecule has 1 unspecified atom stereocenters. The molecule has 7 atom stereocenters. The van der Waals surface area contributed by atoms with Gasteiger partial charge in [-0.15, -0.1) is 0 Å². The van der Waals surface area contributed by atoms with E-state index in [1.165, 1.54) is 13.3 Å². The molecular formula is C35H42BN3O5. The van der Waals surface area contributed by atoms with Crippen molar-refractivity contribution in [3.63, 3.8) is 0 Å². The number of rotatable bonds is 7. The van der Waals surface area contributed by atoms with Crippen molar-refractivity contribution in [2.45, 2.75) is 90.1 Å². The summed E-state index contributed by atoms with van der Waals surface area (Å²) in [7, 11) is -0.507. The zero-order valence-corrected chi connectivity index (χ0v) is 26.3. The zero-order valence-electron chi connectivity index (χ0n) is 26.3. The quantitative estimate of drug-likeness (QED) is 0.367. The molecule has 0 radical (unpaired) electrons. The van der Waals surface area contributed by atoms with Gasteiger partial charge in [-0.2, -0.15) is 0 Å². The van der Waals surface area contributed by atoms with Crippen LogP contribution in [0.15, 0.2) is 60.7 Å². The molecular weight excluding hydrogens is 553 g/mol. The van der Waals surface area contributed by atoms with E-state index in [9.17, 15) is 9.59 Å². The minimum atomic E-state index is -0.640. The number of ether oxygens (including phenoxy) is 1. The number of para-hydroxylation sites is 1. The Kier molecular flexibility index (Phi) is 7.24. The summed E-state index contributed by atoms with van der Waals surface area (Å²) in [6.07, 6.45) is 2.92. The van der Waals surface area contributed by atoms with E-state index in [2.05, 4.69) is 26.1 Å². The lowest BCUT2D eigenvalue weighted by atomic mass is 9.43. The number of nitrogens with one attached hydrogen (secondary N) is 1. The van der Waals surface area contributed by atoms with Crippen molar-refractivity contribution in [1.29, 1.82) is 0 Å². The molecule has 0 spiro atoms. The Morgan fingerprint density at radius 3 is 2.57 bits per heavy atom. The number of pyridine rings is 1. The Hall–Kier alpha value is -3.43. The van der Waals surface area contributed by atoms with Gasteiger partial charge in [-0.3, -0.25) is 9.59 Å². The average molecular weight is 596 g/mol. The highest BCUT2D eigenvalue weighted by Gasteiger charge is 2.68. The fraction of sp³-hybridized carbons (Fsp3) is 0.514. The first kappa shape index (κ1) is 29.3. The molecule has 3 heterocycles. The van der Waals surface area contributed by atoms with Crippen LogP contribution in [0.25, 0.3) is 22.2 Å². The molecule has 5 aliphatic rings. The van der Waals surface area contributed by atoms with Crippen LogP contribution in [-0.4, -0.2) is 65.2 Å². The number of amides is 2. The van der Waals surface area contributed by atoms with Gasteiger partial charge < -0.3 is 24.3 Å². The van der Waals surface area contributed by atoms with Crippen LogP contribution in [0.4, 0.5) is 0 Å². The Labute approximate surface area is 260 Å². The SMILES string of the molecule is CC[C@H](NC(=O)[C@@H]1C[C@@H](Oc2cc(-c3ccccc3)nc3ccccc23)CN1C(C)=O)B1OC2C[C@H]3C[C@H](C3(C)C)[C@]2(C)O1. The van der Waals surface area contributed by atoms with E-state index in [1.54, 1.807) is 4.90 Å². The number of hydrogen-bond donors (Lipinski definition) is 1. The van der Waals surface area contributed by atoms with Gasteiger partial charge in [-0.25, -0.2) is 4.98 Å². The highest BCUT2D eigenvalue weighted by Crippen LogP contribution is 2.65. The van der Waals surface area contributed by atoms with Crippen molar-refractivity contribution in [3.8, 4) is 17.0 Å². The molecule has 2 aromatic carbocycles. The summed E-state index contributed by atoms with van der Waals surface area (Å²) >= 11 is 0. The molecule has 230 valence electrons. The molecule has 8 nitrogen and oxygen atoms in total. The van der Waals surface area contributed by atoms with E-state index in [-0.39, 0.29) is 41.0 Å². The Morgan fingerprint density at radius 2 is 1.84 bits per heavy atom. The summed E-state index contributed by atoms with van der Waals surface area (Å²) in [4.78, 5) is 33.1. The molecule has 44 heavy (non-hydrogen) atoms. The molecule has 3 saturated carbocycles. The summed E-state index contributed by atoms with van der Waals surface area (Å²) in [6.45, 7) is 10.8. The number of nitrogens with zero attached hydrogens (tertiary/aromatic N) is 2. The van der Waals surface area contributed by atoms with Gasteiger partial charge in [0.1, 0.15) is 17.9 Å². The first-order valence-corrected chi connectivity index (χ1v) is 16.1. The van der Waals surface area contributed by atoms with Crippen LogP contribution >= 0.6 is 0 Å². The van der Waals surface area contributed by atoms with Crippen LogP contribution in [0.5, 0.6) is 5.75 Å². The van der Waals surface area contributed by atoms with Crippen LogP contribution in [0, 0.1) is 17.3 Å². The third-order valence-electron chi connectivity index (χ3n) is 11.1. The van der Waals surface area contributed by atoms with Gasteiger partial charge in [-0.1, -0.05) is 63.2 Å². The van der Waals surface area contributed by atoms with Crippen molar-refractivity contribution in [3.05, 3.63) is 60.7 Å². The van der Waals surface area contributed by atoms with Crippen LogP contribution in [0.3, 0.4) is 0 Å². The van der Waals surface area contributed by atoms with Crippen molar-refractivity contribution >= 4 is 29.8 Å². The molecule has 5 fully saturated rings. The van der Waals surface area contributed by atoms with E-state index < -0.39 is 13.2 Å². The van der Waals surface area contributed by atoms with Gasteiger partial charge in [0, 0.05) is 30.4 Å². The summed E-state index contributed by atoms with van der Waals surface area (Å²) in [5.41, 5.74) is 2.54. The molecule has 3 aromatic rings. The van der Waals surface area contributed by atoms with E-state index in [4.69, 9.17) is 19.0 Å². The van der Waals surface area contributed by atoms with Crippen molar-refractivity contribution in [2.75, 3.05) is 6.54 Å². The molecule has 2 saturated heterocycles. The van der Waals surface area contributed by atoms with Gasteiger partial charge in [-0.05, 0) is 55.6 Å². The molecule has 9 heteroatoms. The molecule has 2 aliphatic heterocycles. The van der Waals surface area contributed by atoms with Crippen molar-refractivity contribution in [1.82, 2.24) is 15.2 Å². The van der Waals surface area contributed by atoms with Crippen LogP contribution in [0.2, 0.25) is 0 Å². The van der Waals surface area contributed by atoms with Gasteiger partial charge in [0.25, 0.3) is 0 Å². The summed E-state index contributed by atoms with van der Waals surface area (Å²) < 4.78 is 19.8. The Balaban J connectivity index is 1.08. The topological polar surface area (TPSA) is 90.0 Å². The maximum Gasteiger partial charge on any atom is 0.481 e. The minimum Gasteiger partial charge on any atom is -0.488 e. The molecule has 3 aliphatic carbocycles. The van der Waals surface area contributed by atoms with Crippen LogP contribution in [-0.2, 0) is 18.9 Å². The van der Waals surface area contributed by atoms with E-state index in [1.807, 2.05) is 67.6 Å². The van der Waals surface area contributed by atoms with Crippen molar-refractivity contribution in [2.24, 2.45) is 17.3 Å². The molecule has 1 N–H and O–H groups in total. The number of carbonyl (C=O) groups is 2. The molecule has 2 amide bonds. The number of hydrogen-bond acceptors (Lipinski definition) is 6. The van der Waals surface area contributed by atoms with Gasteiger partial charge in [0.15, 0.2) is 0 Å². The van der Waals surface area contributed by atoms with E-state index in [0.29, 0.717) is 37.0 Å². The predicted molar refractivity (Wildman–Crippen MR) is 170 cm³/mol. The fourth-order valence-electron chi connectivity index (χ4n) is 8.37. The lowest BCUT2D eigenvalue weighted by molar-refractivity contribution is -0.199. The molecule has 2 bridgehead atoms. The molecule has 1 aromatic heterocycles. The number of fused-ring (bicyclic) bond motifs is 1. The highest BCUT2D eigenvalue weighted by molar-refractivity contribution is 6.47. The number of likely N-dealkylation sites (tertiary alicyclic amines) is 1. The summed E-state index contributed by atoms with van der Waals surface area (Å²) in [6, 6.07) is 19.2. The maximum absolute atomic E-state index is 13.8. The second-order valence-electron chi connectivity index (χ2n) is 13.9. The lowest BCUT2D eigenvalue weighted by Crippen LogP contribution is -2.65. The largest absolute Gasteiger partial charge is 0.488 e. The zero-order chi connectivity index (χ0) is 30.8. The number of benzene rings is 2. The lowest BCUT2D eigenvalue weighted by Gasteiger charge is -2.64. The van der Waals surface area contributed by atoms with E-state index >= 15 is 0 Å². The summed E-state index contributed by atoms with van der Waals surface area (Å²) in [5.74, 6) is 1.15. The standard InChI is InChI=1S/C35H42BN3O5/c1-6-32(36-43-31-17-23-16-30(34(23,3)4)35(31,5)44-36)38-33(41)28-18-24(20-39(28)21(2)40)42-29-19-27(22-12-8-7-9-13-22)37-26-15-11-10-14-25(26)29/h7-15,19,23-24,28,30-32H,6,16-18,20H2,1-5H3,(H,38,41)/t23-,24-,28+,30-,31?,32+,35+/m1/s1. The predicted octanol–water partition coefficient (Wildman–Crippen LogP) is 5.43. The third kappa shape index (κ3) is 4.80. The maximum atomic E-state index is 13.8. The first-order valence-electron chi connectivity index (χ1n) is 16.1. The Bertz CT molecular complexity index is 1580. The van der Waals surface area contributed by atoms with E-state index in [0.717, 1.165) is 28.6 Å². The Morgan fingerprint density at radius 1 is 1.09 bits per heavy atom.